The van der Waals surface area contributed by atoms with E-state index in [1.807, 2.05) is 0 Å². The SMILES string of the molecule is Cc1nn(-c2sc([C@@H](C)O)cc2[N+](=O)[O-])c(C)c1Cl. The quantitative estimate of drug-likeness (QED) is 0.697. The van der Waals surface area contributed by atoms with Crippen LogP contribution in [0.2, 0.25) is 5.02 Å². The molecule has 0 saturated heterocycles. The molecule has 19 heavy (non-hydrogen) atoms. The van der Waals surface area contributed by atoms with Crippen LogP contribution in [0.3, 0.4) is 0 Å². The number of halogens is 1. The predicted octanol–water partition coefficient (Wildman–Crippen LogP) is 3.17. The zero-order valence-corrected chi connectivity index (χ0v) is 12.1. The molecule has 102 valence electrons. The maximum atomic E-state index is 11.1. The molecule has 0 aliphatic rings. The lowest BCUT2D eigenvalue weighted by Crippen LogP contribution is -2.00. The van der Waals surface area contributed by atoms with Gasteiger partial charge < -0.3 is 5.11 Å². The van der Waals surface area contributed by atoms with E-state index in [9.17, 15) is 15.2 Å². The fourth-order valence-electron chi connectivity index (χ4n) is 1.70. The van der Waals surface area contributed by atoms with E-state index in [1.165, 1.54) is 10.7 Å². The highest BCUT2D eigenvalue weighted by Gasteiger charge is 2.25. The van der Waals surface area contributed by atoms with Crippen molar-refractivity contribution in [1.29, 1.82) is 0 Å². The average molecular weight is 302 g/mol. The average Bonchev–Trinajstić information content (AvgIpc) is 2.87. The monoisotopic (exact) mass is 301 g/mol. The normalized spacial score (nSPS) is 12.7. The summed E-state index contributed by atoms with van der Waals surface area (Å²) in [5.41, 5.74) is 1.17. The zero-order valence-electron chi connectivity index (χ0n) is 10.5. The van der Waals surface area contributed by atoms with Crippen LogP contribution in [0.15, 0.2) is 6.07 Å². The molecule has 0 aromatic carbocycles. The van der Waals surface area contributed by atoms with E-state index < -0.39 is 11.0 Å². The largest absolute Gasteiger partial charge is 0.388 e. The van der Waals surface area contributed by atoms with E-state index >= 15 is 0 Å². The van der Waals surface area contributed by atoms with E-state index in [-0.39, 0.29) is 5.69 Å². The first-order valence-electron chi connectivity index (χ1n) is 5.51. The Hall–Kier alpha value is -1.44. The van der Waals surface area contributed by atoms with Crippen LogP contribution in [0.25, 0.3) is 5.00 Å². The Morgan fingerprint density at radius 3 is 2.63 bits per heavy atom. The smallest absolute Gasteiger partial charge is 0.306 e. The standard InChI is InChI=1S/C11H12ClN3O3S/c1-5-10(12)6(2)14(13-5)11-8(15(17)18)4-9(19-11)7(3)16/h4,7,16H,1-3H3/t7-/m1/s1. The van der Waals surface area contributed by atoms with Crippen LogP contribution in [-0.2, 0) is 0 Å². The minimum absolute atomic E-state index is 0.0804. The van der Waals surface area contributed by atoms with Gasteiger partial charge in [0.2, 0.25) is 0 Å². The summed E-state index contributed by atoms with van der Waals surface area (Å²) < 4.78 is 1.45. The molecule has 0 fully saturated rings. The minimum Gasteiger partial charge on any atom is -0.388 e. The molecule has 2 heterocycles. The van der Waals surface area contributed by atoms with Crippen molar-refractivity contribution in [2.24, 2.45) is 0 Å². The summed E-state index contributed by atoms with van der Waals surface area (Å²) in [6.45, 7) is 5.04. The first-order valence-corrected chi connectivity index (χ1v) is 6.70. The number of thiophene rings is 1. The van der Waals surface area contributed by atoms with Crippen molar-refractivity contribution in [2.45, 2.75) is 26.9 Å². The van der Waals surface area contributed by atoms with E-state index in [1.54, 1.807) is 20.8 Å². The van der Waals surface area contributed by atoms with Gasteiger partial charge in [0.15, 0.2) is 5.00 Å². The summed E-state index contributed by atoms with van der Waals surface area (Å²) >= 11 is 7.19. The molecule has 0 unspecified atom stereocenters. The van der Waals surface area contributed by atoms with Crippen LogP contribution in [0.5, 0.6) is 0 Å². The van der Waals surface area contributed by atoms with Crippen LogP contribution < -0.4 is 0 Å². The van der Waals surface area contributed by atoms with E-state index in [4.69, 9.17) is 11.6 Å². The Morgan fingerprint density at radius 1 is 1.58 bits per heavy atom. The second-order valence-corrected chi connectivity index (χ2v) is 5.61. The number of nitro groups is 1. The lowest BCUT2D eigenvalue weighted by molar-refractivity contribution is -0.384. The van der Waals surface area contributed by atoms with Crippen molar-refractivity contribution in [3.05, 3.63) is 37.5 Å². The molecule has 0 bridgehead atoms. The fourth-order valence-corrected chi connectivity index (χ4v) is 2.88. The van der Waals surface area contributed by atoms with Crippen molar-refractivity contribution in [3.8, 4) is 5.00 Å². The zero-order chi connectivity index (χ0) is 14.3. The molecule has 2 aromatic rings. The number of nitrogens with zero attached hydrogens (tertiary/aromatic N) is 3. The van der Waals surface area contributed by atoms with Crippen molar-refractivity contribution >= 4 is 28.6 Å². The third-order valence-electron chi connectivity index (χ3n) is 2.72. The van der Waals surface area contributed by atoms with Gasteiger partial charge in [0.1, 0.15) is 0 Å². The van der Waals surface area contributed by atoms with Crippen molar-refractivity contribution in [2.75, 3.05) is 0 Å². The molecular formula is C11H12ClN3O3S. The van der Waals surface area contributed by atoms with Gasteiger partial charge in [-0.1, -0.05) is 11.6 Å². The third kappa shape index (κ3) is 2.36. The molecule has 0 radical (unpaired) electrons. The van der Waals surface area contributed by atoms with Gasteiger partial charge in [0, 0.05) is 10.9 Å². The number of hydrogen-bond donors (Lipinski definition) is 1. The van der Waals surface area contributed by atoms with Crippen LogP contribution >= 0.6 is 22.9 Å². The first-order chi connectivity index (χ1) is 8.82. The summed E-state index contributed by atoms with van der Waals surface area (Å²) in [6.07, 6.45) is -0.759. The van der Waals surface area contributed by atoms with Gasteiger partial charge in [-0.3, -0.25) is 10.1 Å². The van der Waals surface area contributed by atoms with Gasteiger partial charge in [-0.15, -0.1) is 11.3 Å². The summed E-state index contributed by atoms with van der Waals surface area (Å²) in [4.78, 5) is 11.1. The summed E-state index contributed by atoms with van der Waals surface area (Å²) in [6, 6.07) is 1.37. The third-order valence-corrected chi connectivity index (χ3v) is 4.53. The fraction of sp³-hybridized carbons (Fsp3) is 0.364. The molecule has 2 rings (SSSR count). The molecular weight excluding hydrogens is 290 g/mol. The van der Waals surface area contributed by atoms with E-state index in [0.717, 1.165) is 11.3 Å². The number of aromatic nitrogens is 2. The van der Waals surface area contributed by atoms with Crippen LogP contribution in [0.1, 0.15) is 29.3 Å². The van der Waals surface area contributed by atoms with Crippen LogP contribution in [-0.4, -0.2) is 19.8 Å². The summed E-state index contributed by atoms with van der Waals surface area (Å²) in [5.74, 6) is 0. The number of hydrogen-bond acceptors (Lipinski definition) is 5. The van der Waals surface area contributed by atoms with Crippen LogP contribution in [0.4, 0.5) is 5.69 Å². The van der Waals surface area contributed by atoms with Gasteiger partial charge in [0.25, 0.3) is 0 Å². The van der Waals surface area contributed by atoms with E-state index in [0.29, 0.717) is 26.3 Å². The lowest BCUT2D eigenvalue weighted by Gasteiger charge is -2.00. The van der Waals surface area contributed by atoms with Crippen molar-refractivity contribution < 1.29 is 10.0 Å². The van der Waals surface area contributed by atoms with Gasteiger partial charge in [-0.05, 0) is 20.8 Å². The number of rotatable bonds is 3. The Morgan fingerprint density at radius 2 is 2.21 bits per heavy atom. The maximum absolute atomic E-state index is 11.1. The Kier molecular flexibility index (Phi) is 3.62. The highest BCUT2D eigenvalue weighted by Crippen LogP contribution is 2.37. The molecule has 0 saturated carbocycles. The molecule has 0 aliphatic heterocycles. The topological polar surface area (TPSA) is 81.2 Å². The number of aliphatic hydroxyl groups is 1. The maximum Gasteiger partial charge on any atom is 0.306 e. The lowest BCUT2D eigenvalue weighted by atomic mass is 10.3. The van der Waals surface area contributed by atoms with Crippen LogP contribution in [0, 0.1) is 24.0 Å². The Balaban J connectivity index is 2.66. The molecule has 0 amide bonds. The molecule has 0 spiro atoms. The van der Waals surface area contributed by atoms with Gasteiger partial charge in [-0.2, -0.15) is 5.10 Å². The molecule has 6 nitrogen and oxygen atoms in total. The Bertz CT molecular complexity index is 648. The number of aliphatic hydroxyl groups excluding tert-OH is 1. The molecule has 1 atom stereocenters. The van der Waals surface area contributed by atoms with Crippen molar-refractivity contribution in [1.82, 2.24) is 9.78 Å². The van der Waals surface area contributed by atoms with Crippen molar-refractivity contribution in [3.63, 3.8) is 0 Å². The minimum atomic E-state index is -0.759. The molecule has 1 N–H and O–H groups in total. The highest BCUT2D eigenvalue weighted by atomic mass is 35.5. The second kappa shape index (κ2) is 4.92. The van der Waals surface area contributed by atoms with E-state index in [2.05, 4.69) is 5.10 Å². The first kappa shape index (κ1) is 14.0. The molecule has 8 heteroatoms. The highest BCUT2D eigenvalue weighted by molar-refractivity contribution is 7.15. The Labute approximate surface area is 118 Å². The van der Waals surface area contributed by atoms with Gasteiger partial charge >= 0.3 is 5.69 Å². The summed E-state index contributed by atoms with van der Waals surface area (Å²) in [7, 11) is 0. The molecule has 2 aromatic heterocycles. The van der Waals surface area contributed by atoms with Gasteiger partial charge in [0.05, 0.1) is 27.4 Å². The summed E-state index contributed by atoms with van der Waals surface area (Å²) in [5, 5.41) is 25.7. The molecule has 0 aliphatic carbocycles. The predicted molar refractivity (Wildman–Crippen MR) is 73.2 cm³/mol. The number of aryl methyl sites for hydroxylation is 1. The van der Waals surface area contributed by atoms with Gasteiger partial charge in [-0.25, -0.2) is 4.68 Å². The second-order valence-electron chi connectivity index (χ2n) is 4.17.